The number of likely N-dealkylation sites (tertiary alicyclic amines) is 2. The van der Waals surface area contributed by atoms with Crippen molar-refractivity contribution in [2.45, 2.75) is 45.4 Å². The highest BCUT2D eigenvalue weighted by Gasteiger charge is 2.41. The summed E-state index contributed by atoms with van der Waals surface area (Å²) in [5.74, 6) is 1.80. The molecule has 5 heteroatoms. The van der Waals surface area contributed by atoms with Gasteiger partial charge in [-0.05, 0) is 43.5 Å². The van der Waals surface area contributed by atoms with Crippen LogP contribution in [0.5, 0.6) is 0 Å². The van der Waals surface area contributed by atoms with Gasteiger partial charge in [0.05, 0.1) is 6.54 Å². The van der Waals surface area contributed by atoms with Gasteiger partial charge in [-0.1, -0.05) is 30.3 Å². The number of hydrogen-bond acceptors (Lipinski definition) is 4. The fourth-order valence-electron chi connectivity index (χ4n) is 4.64. The molecule has 144 valence electrons. The van der Waals surface area contributed by atoms with Crippen molar-refractivity contribution in [1.82, 2.24) is 9.80 Å². The van der Waals surface area contributed by atoms with Crippen molar-refractivity contribution < 1.29 is 14.3 Å². The number of nitrogens with zero attached hydrogens (tertiary/aromatic N) is 2. The predicted octanol–water partition coefficient (Wildman–Crippen LogP) is 3.18. The summed E-state index contributed by atoms with van der Waals surface area (Å²) in [6.45, 7) is 4.33. The molecule has 1 aromatic carbocycles. The molecule has 1 spiro atoms. The zero-order chi connectivity index (χ0) is 18.7. The molecule has 2 aliphatic heterocycles. The lowest BCUT2D eigenvalue weighted by Gasteiger charge is -2.48. The summed E-state index contributed by atoms with van der Waals surface area (Å²) < 4.78 is 5.67. The first kappa shape index (κ1) is 18.3. The van der Waals surface area contributed by atoms with Gasteiger partial charge in [-0.3, -0.25) is 9.69 Å². The molecule has 0 saturated carbocycles. The van der Waals surface area contributed by atoms with Crippen LogP contribution >= 0.6 is 0 Å². The normalized spacial score (nSPS) is 23.9. The fraction of sp³-hybridized carbons (Fsp3) is 0.500. The topological polar surface area (TPSA) is 56.9 Å². The molecule has 0 bridgehead atoms. The lowest BCUT2D eigenvalue weighted by molar-refractivity contribution is -0.140. The van der Waals surface area contributed by atoms with E-state index < -0.39 is 0 Å². The molecule has 1 N–H and O–H groups in total. The van der Waals surface area contributed by atoms with Crippen molar-refractivity contribution in [2.24, 2.45) is 5.41 Å². The number of aliphatic hydroxyl groups excluding tert-OH is 1. The van der Waals surface area contributed by atoms with Gasteiger partial charge in [-0.25, -0.2) is 0 Å². The van der Waals surface area contributed by atoms with Gasteiger partial charge in [0.2, 0.25) is 5.91 Å². The number of piperidine rings is 2. The largest absolute Gasteiger partial charge is 0.462 e. The highest BCUT2D eigenvalue weighted by Crippen LogP contribution is 2.39. The summed E-state index contributed by atoms with van der Waals surface area (Å²) in [4.78, 5) is 17.0. The summed E-state index contributed by atoms with van der Waals surface area (Å²) in [7, 11) is 0. The second-order valence-corrected chi connectivity index (χ2v) is 8.08. The molecule has 2 saturated heterocycles. The summed E-state index contributed by atoms with van der Waals surface area (Å²) in [6, 6.07) is 14.1. The second kappa shape index (κ2) is 7.87. The predicted molar refractivity (Wildman–Crippen MR) is 103 cm³/mol. The van der Waals surface area contributed by atoms with Crippen LogP contribution in [-0.4, -0.2) is 40.4 Å². The molecule has 0 radical (unpaired) electrons. The van der Waals surface area contributed by atoms with Crippen molar-refractivity contribution in [1.29, 1.82) is 0 Å². The van der Waals surface area contributed by atoms with Crippen LogP contribution in [0.3, 0.4) is 0 Å². The highest BCUT2D eigenvalue weighted by atomic mass is 16.4. The minimum absolute atomic E-state index is 0.0551. The van der Waals surface area contributed by atoms with Crippen LogP contribution < -0.4 is 0 Å². The molecule has 2 fully saturated rings. The average molecular weight is 368 g/mol. The average Bonchev–Trinajstić information content (AvgIpc) is 3.14. The van der Waals surface area contributed by atoms with Gasteiger partial charge in [-0.2, -0.15) is 0 Å². The molecular formula is C22H28N2O3. The van der Waals surface area contributed by atoms with Gasteiger partial charge in [-0.15, -0.1) is 0 Å². The lowest BCUT2D eigenvalue weighted by atomic mass is 9.73. The first-order valence-corrected chi connectivity index (χ1v) is 9.88. The Balaban J connectivity index is 1.42. The highest BCUT2D eigenvalue weighted by molar-refractivity contribution is 5.77. The third-order valence-corrected chi connectivity index (χ3v) is 5.96. The van der Waals surface area contributed by atoms with Gasteiger partial charge in [0.15, 0.2) is 0 Å². The van der Waals surface area contributed by atoms with Gasteiger partial charge >= 0.3 is 0 Å². The minimum atomic E-state index is -0.0551. The molecule has 0 unspecified atom stereocenters. The third-order valence-electron chi connectivity index (χ3n) is 5.96. The van der Waals surface area contributed by atoms with Crippen molar-refractivity contribution in [3.8, 4) is 0 Å². The number of hydrogen-bond donors (Lipinski definition) is 1. The Morgan fingerprint density at radius 3 is 2.59 bits per heavy atom. The van der Waals surface area contributed by atoms with Crippen molar-refractivity contribution in [3.63, 3.8) is 0 Å². The van der Waals surface area contributed by atoms with Crippen LogP contribution in [0.4, 0.5) is 0 Å². The summed E-state index contributed by atoms with van der Waals surface area (Å²) in [6.07, 6.45) is 3.97. The first-order valence-electron chi connectivity index (χ1n) is 9.88. The zero-order valence-electron chi connectivity index (χ0n) is 15.8. The van der Waals surface area contributed by atoms with Gasteiger partial charge < -0.3 is 14.4 Å². The Morgan fingerprint density at radius 1 is 1.00 bits per heavy atom. The summed E-state index contributed by atoms with van der Waals surface area (Å²) in [5.41, 5.74) is 1.38. The van der Waals surface area contributed by atoms with E-state index in [0.717, 1.165) is 44.8 Å². The van der Waals surface area contributed by atoms with Gasteiger partial charge in [0.1, 0.15) is 18.1 Å². The summed E-state index contributed by atoms with van der Waals surface area (Å²) >= 11 is 0. The van der Waals surface area contributed by atoms with E-state index in [1.54, 1.807) is 0 Å². The van der Waals surface area contributed by atoms with Crippen LogP contribution in [0.2, 0.25) is 0 Å². The number of aliphatic hydroxyl groups is 1. The molecule has 1 atom stereocenters. The molecule has 1 amide bonds. The Morgan fingerprint density at radius 2 is 1.81 bits per heavy atom. The van der Waals surface area contributed by atoms with E-state index in [0.29, 0.717) is 18.7 Å². The van der Waals surface area contributed by atoms with Crippen molar-refractivity contribution in [2.75, 3.05) is 19.6 Å². The van der Waals surface area contributed by atoms with Crippen LogP contribution in [0.25, 0.3) is 0 Å². The maximum absolute atomic E-state index is 12.5. The molecule has 3 heterocycles. The van der Waals surface area contributed by atoms with E-state index in [1.165, 1.54) is 12.0 Å². The smallest absolute Gasteiger partial charge is 0.222 e. The van der Waals surface area contributed by atoms with Crippen molar-refractivity contribution in [3.05, 3.63) is 59.5 Å². The van der Waals surface area contributed by atoms with E-state index >= 15 is 0 Å². The van der Waals surface area contributed by atoms with Crippen LogP contribution in [0.1, 0.15) is 42.8 Å². The molecule has 5 nitrogen and oxygen atoms in total. The Bertz CT molecular complexity index is 773. The number of carbonyl (C=O) groups excluding carboxylic acids is 1. The standard InChI is InChI=1S/C22H28N2O3/c25-15-20-8-7-19(27-20)14-23-12-4-10-22(16-23)11-9-21(26)24(17-22)13-18-5-2-1-3-6-18/h1-3,5-8,25H,4,9-17H2/t22-/m0/s1. The fourth-order valence-corrected chi connectivity index (χ4v) is 4.64. The molecule has 2 aromatic rings. The van der Waals surface area contributed by atoms with E-state index in [1.807, 2.05) is 30.3 Å². The number of rotatable bonds is 5. The quantitative estimate of drug-likeness (QED) is 0.881. The number of benzene rings is 1. The Kier molecular flexibility index (Phi) is 5.32. The van der Waals surface area contributed by atoms with E-state index in [4.69, 9.17) is 4.42 Å². The van der Waals surface area contributed by atoms with Gasteiger partial charge in [0.25, 0.3) is 0 Å². The van der Waals surface area contributed by atoms with Crippen molar-refractivity contribution >= 4 is 5.91 Å². The minimum Gasteiger partial charge on any atom is -0.462 e. The molecule has 0 aliphatic carbocycles. The van der Waals surface area contributed by atoms with Crippen LogP contribution in [0.15, 0.2) is 46.9 Å². The Labute approximate surface area is 160 Å². The maximum Gasteiger partial charge on any atom is 0.222 e. The van der Waals surface area contributed by atoms with E-state index in [2.05, 4.69) is 21.9 Å². The molecule has 1 aromatic heterocycles. The van der Waals surface area contributed by atoms with Crippen LogP contribution in [-0.2, 0) is 24.5 Å². The SMILES string of the molecule is O=C1CC[C@]2(CCCN(Cc3ccc(CO)o3)C2)CN1Cc1ccccc1. The number of furan rings is 1. The number of carbonyl (C=O) groups is 1. The third kappa shape index (κ3) is 4.25. The zero-order valence-corrected chi connectivity index (χ0v) is 15.8. The second-order valence-electron chi connectivity index (χ2n) is 8.08. The lowest BCUT2D eigenvalue weighted by Crippen LogP contribution is -2.53. The van der Waals surface area contributed by atoms with Gasteiger partial charge in [0, 0.05) is 31.5 Å². The maximum atomic E-state index is 12.5. The molecule has 27 heavy (non-hydrogen) atoms. The van der Waals surface area contributed by atoms with E-state index in [9.17, 15) is 9.90 Å². The first-order chi connectivity index (χ1) is 13.2. The summed E-state index contributed by atoms with van der Waals surface area (Å²) in [5, 5.41) is 9.19. The van der Waals surface area contributed by atoms with Crippen LogP contribution in [0, 0.1) is 5.41 Å². The molecular weight excluding hydrogens is 340 g/mol. The molecule has 2 aliphatic rings. The monoisotopic (exact) mass is 368 g/mol. The van der Waals surface area contributed by atoms with E-state index in [-0.39, 0.29) is 17.9 Å². The molecule has 4 rings (SSSR count). The number of amides is 1. The Hall–Kier alpha value is -2.11.